The van der Waals surface area contributed by atoms with Crippen molar-refractivity contribution in [2.24, 2.45) is 4.99 Å². The first-order chi connectivity index (χ1) is 16.9. The van der Waals surface area contributed by atoms with Crippen LogP contribution in [0.4, 0.5) is 10.8 Å². The highest BCUT2D eigenvalue weighted by Crippen LogP contribution is 2.40. The van der Waals surface area contributed by atoms with E-state index in [1.54, 1.807) is 24.3 Å². The van der Waals surface area contributed by atoms with Crippen LogP contribution in [0.3, 0.4) is 0 Å². The topological polar surface area (TPSA) is 102 Å². The number of nitro benzene ring substituents is 1. The number of nitrogens with zero attached hydrogens (tertiary/aromatic N) is 4. The lowest BCUT2D eigenvalue weighted by Crippen LogP contribution is -2.40. The van der Waals surface area contributed by atoms with Gasteiger partial charge in [-0.25, -0.2) is 4.98 Å². The van der Waals surface area contributed by atoms with Gasteiger partial charge in [0, 0.05) is 35.2 Å². The molecule has 3 heterocycles. The molecule has 3 aromatic rings. The number of benzene rings is 1. The summed E-state index contributed by atoms with van der Waals surface area (Å²) >= 11 is 9.03. The molecular weight excluding hydrogens is 508 g/mol. The van der Waals surface area contributed by atoms with Crippen molar-refractivity contribution in [3.8, 4) is 11.3 Å². The van der Waals surface area contributed by atoms with Gasteiger partial charge in [-0.2, -0.15) is 4.99 Å². The van der Waals surface area contributed by atoms with E-state index in [1.807, 2.05) is 17.2 Å². The van der Waals surface area contributed by atoms with E-state index in [0.717, 1.165) is 31.4 Å². The van der Waals surface area contributed by atoms with E-state index in [2.05, 4.69) is 4.98 Å². The monoisotopic (exact) mass is 528 g/mol. The number of aromatic nitrogens is 1. The smallest absolute Gasteiger partial charge is 0.270 e. The highest BCUT2D eigenvalue weighted by atomic mass is 35.5. The van der Waals surface area contributed by atoms with E-state index in [0.29, 0.717) is 32.3 Å². The summed E-state index contributed by atoms with van der Waals surface area (Å²) in [4.78, 5) is 35.4. The molecule has 1 saturated carbocycles. The Morgan fingerprint density at radius 1 is 1.26 bits per heavy atom. The number of hydrogen-bond acceptors (Lipinski definition) is 8. The molecule has 0 atom stereocenters. The van der Waals surface area contributed by atoms with Gasteiger partial charge in [-0.3, -0.25) is 19.8 Å². The third kappa shape index (κ3) is 5.05. The van der Waals surface area contributed by atoms with Crippen LogP contribution < -0.4 is 0 Å². The van der Waals surface area contributed by atoms with Gasteiger partial charge in [0.15, 0.2) is 5.17 Å². The third-order valence-corrected chi connectivity index (χ3v) is 8.05. The number of amides is 1. The molecule has 0 N–H and O–H groups in total. The minimum atomic E-state index is -0.499. The second-order valence-corrected chi connectivity index (χ2v) is 10.6. The average molecular weight is 529 g/mol. The Morgan fingerprint density at radius 3 is 2.74 bits per heavy atom. The first-order valence-electron chi connectivity index (χ1n) is 11.2. The number of nitro groups is 1. The first-order valence-corrected chi connectivity index (χ1v) is 13.2. The van der Waals surface area contributed by atoms with Gasteiger partial charge in [-0.1, -0.05) is 30.9 Å². The molecule has 1 aromatic carbocycles. The van der Waals surface area contributed by atoms with Gasteiger partial charge < -0.3 is 4.42 Å². The van der Waals surface area contributed by atoms with Crippen LogP contribution in [-0.2, 0) is 4.79 Å². The van der Waals surface area contributed by atoms with Crippen molar-refractivity contribution < 1.29 is 14.1 Å². The predicted octanol–water partition coefficient (Wildman–Crippen LogP) is 7.21. The SMILES string of the molecule is Cc1csc(/N=C2/S/C(=C/c3ccc(-c4ccc([N+](=O)[O-])cc4Cl)o3)C(=O)N2C2CCCCC2)n1. The maximum atomic E-state index is 13.5. The van der Waals surface area contributed by atoms with E-state index in [4.69, 9.17) is 21.0 Å². The minimum absolute atomic E-state index is 0.0831. The molecule has 0 unspecified atom stereocenters. The van der Waals surface area contributed by atoms with Crippen molar-refractivity contribution in [2.75, 3.05) is 0 Å². The van der Waals surface area contributed by atoms with Crippen molar-refractivity contribution in [2.45, 2.75) is 45.1 Å². The third-order valence-electron chi connectivity index (χ3n) is 5.90. The first kappa shape index (κ1) is 23.8. The fourth-order valence-corrected chi connectivity index (χ4v) is 6.23. The Balaban J connectivity index is 1.45. The second kappa shape index (κ2) is 9.96. The van der Waals surface area contributed by atoms with Gasteiger partial charge >= 0.3 is 0 Å². The zero-order valence-electron chi connectivity index (χ0n) is 18.8. The molecule has 5 rings (SSSR count). The number of thioether (sulfide) groups is 1. The van der Waals surface area contributed by atoms with E-state index in [9.17, 15) is 14.9 Å². The van der Waals surface area contributed by atoms with Crippen LogP contribution in [-0.4, -0.2) is 31.9 Å². The summed E-state index contributed by atoms with van der Waals surface area (Å²) in [5.74, 6) is 0.865. The molecule has 1 saturated heterocycles. The maximum Gasteiger partial charge on any atom is 0.270 e. The molecule has 1 aliphatic heterocycles. The fourth-order valence-electron chi connectivity index (χ4n) is 4.22. The lowest BCUT2D eigenvalue weighted by molar-refractivity contribution is -0.384. The zero-order valence-corrected chi connectivity index (χ0v) is 21.2. The molecule has 1 amide bonds. The molecule has 0 bridgehead atoms. The van der Waals surface area contributed by atoms with E-state index < -0.39 is 4.92 Å². The Morgan fingerprint density at radius 2 is 2.06 bits per heavy atom. The van der Waals surface area contributed by atoms with Gasteiger partial charge in [0.1, 0.15) is 11.5 Å². The number of aryl methyl sites for hydroxylation is 1. The molecule has 180 valence electrons. The van der Waals surface area contributed by atoms with Gasteiger partial charge in [-0.15, -0.1) is 11.3 Å². The van der Waals surface area contributed by atoms with Crippen LogP contribution in [0.5, 0.6) is 0 Å². The van der Waals surface area contributed by atoms with Crippen LogP contribution >= 0.6 is 34.7 Å². The van der Waals surface area contributed by atoms with Gasteiger partial charge in [0.05, 0.1) is 20.5 Å². The van der Waals surface area contributed by atoms with E-state index in [-0.39, 0.29) is 22.7 Å². The number of aliphatic imine (C=N–C) groups is 1. The molecule has 2 fully saturated rings. The van der Waals surface area contributed by atoms with Crippen molar-refractivity contribution in [1.29, 1.82) is 0 Å². The van der Waals surface area contributed by atoms with Crippen molar-refractivity contribution >= 4 is 62.7 Å². The molecular formula is C24H21ClN4O4S2. The number of hydrogen-bond donors (Lipinski definition) is 0. The summed E-state index contributed by atoms with van der Waals surface area (Å²) < 4.78 is 5.93. The number of rotatable bonds is 5. The summed E-state index contributed by atoms with van der Waals surface area (Å²) in [5.41, 5.74) is 1.35. The Labute approximate surface area is 214 Å². The normalized spacial score (nSPS) is 19.3. The minimum Gasteiger partial charge on any atom is -0.457 e. The van der Waals surface area contributed by atoms with Crippen molar-refractivity contribution in [3.63, 3.8) is 0 Å². The van der Waals surface area contributed by atoms with Crippen molar-refractivity contribution in [3.05, 3.63) is 67.2 Å². The standard InChI is InChI=1S/C24H21ClN4O4S2/c1-14-13-34-23(26-14)27-24-28(15-5-3-2-4-6-15)22(30)21(35-24)12-17-8-10-20(33-17)18-9-7-16(29(31)32)11-19(18)25/h7-13,15H,2-6H2,1H3/b21-12+,27-24+. The second-order valence-electron chi connectivity index (χ2n) is 8.37. The van der Waals surface area contributed by atoms with Gasteiger partial charge in [-0.05, 0) is 49.7 Å². The van der Waals surface area contributed by atoms with E-state index in [1.165, 1.54) is 41.7 Å². The lowest BCUT2D eigenvalue weighted by atomic mass is 9.94. The molecule has 2 aliphatic rings. The number of carbonyl (C=O) groups excluding carboxylic acids is 1. The number of carbonyl (C=O) groups is 1. The summed E-state index contributed by atoms with van der Waals surface area (Å²) in [6, 6.07) is 7.83. The van der Waals surface area contributed by atoms with Crippen LogP contribution in [0, 0.1) is 17.0 Å². The quantitative estimate of drug-likeness (QED) is 0.197. The highest BCUT2D eigenvalue weighted by molar-refractivity contribution is 8.18. The Hall–Kier alpha value is -2.95. The molecule has 8 nitrogen and oxygen atoms in total. The predicted molar refractivity (Wildman–Crippen MR) is 139 cm³/mol. The Kier molecular flexibility index (Phi) is 6.77. The van der Waals surface area contributed by atoms with Crippen LogP contribution in [0.25, 0.3) is 17.4 Å². The molecule has 1 aliphatic carbocycles. The number of non-ortho nitro benzene ring substituents is 1. The molecule has 35 heavy (non-hydrogen) atoms. The van der Waals surface area contributed by atoms with Crippen LogP contribution in [0.15, 0.2) is 50.0 Å². The molecule has 11 heteroatoms. The number of halogens is 1. The fraction of sp³-hybridized carbons (Fsp3) is 0.292. The summed E-state index contributed by atoms with van der Waals surface area (Å²) in [6.07, 6.45) is 7.00. The summed E-state index contributed by atoms with van der Waals surface area (Å²) in [6.45, 7) is 1.92. The van der Waals surface area contributed by atoms with Crippen LogP contribution in [0.1, 0.15) is 43.6 Å². The lowest BCUT2D eigenvalue weighted by Gasteiger charge is -2.30. The summed E-state index contributed by atoms with van der Waals surface area (Å²) in [7, 11) is 0. The number of furan rings is 1. The number of amidine groups is 1. The van der Waals surface area contributed by atoms with Crippen LogP contribution in [0.2, 0.25) is 5.02 Å². The van der Waals surface area contributed by atoms with E-state index >= 15 is 0 Å². The zero-order chi connectivity index (χ0) is 24.5. The van der Waals surface area contributed by atoms with Gasteiger partial charge in [0.2, 0.25) is 5.13 Å². The van der Waals surface area contributed by atoms with Crippen molar-refractivity contribution in [1.82, 2.24) is 9.88 Å². The van der Waals surface area contributed by atoms with Gasteiger partial charge in [0.25, 0.3) is 11.6 Å². The molecule has 2 aromatic heterocycles. The largest absolute Gasteiger partial charge is 0.457 e. The Bertz CT molecular complexity index is 1360. The average Bonchev–Trinajstić information content (AvgIpc) is 3.54. The maximum absolute atomic E-state index is 13.5. The molecule has 0 radical (unpaired) electrons. The number of thiazole rings is 1. The summed E-state index contributed by atoms with van der Waals surface area (Å²) in [5, 5.41) is 14.4. The highest BCUT2D eigenvalue weighted by Gasteiger charge is 2.39. The molecule has 0 spiro atoms.